The molecule has 3 aromatic carbocycles. The van der Waals surface area contributed by atoms with Crippen molar-refractivity contribution in [3.63, 3.8) is 0 Å². The Balaban J connectivity index is 1.54. The second-order valence-electron chi connectivity index (χ2n) is 8.10. The fraction of sp³-hybridized carbons (Fsp3) is 0.222. The minimum absolute atomic E-state index is 0.00657. The molecule has 0 bridgehead atoms. The maximum absolute atomic E-state index is 13.3. The summed E-state index contributed by atoms with van der Waals surface area (Å²) in [7, 11) is 0. The van der Waals surface area contributed by atoms with E-state index < -0.39 is 5.97 Å². The van der Waals surface area contributed by atoms with Crippen molar-refractivity contribution in [3.05, 3.63) is 90.0 Å². The third-order valence-electron chi connectivity index (χ3n) is 5.79. The Bertz CT molecular complexity index is 1140. The van der Waals surface area contributed by atoms with Crippen molar-refractivity contribution in [1.29, 1.82) is 0 Å². The van der Waals surface area contributed by atoms with Crippen LogP contribution in [-0.4, -0.2) is 47.2 Å². The van der Waals surface area contributed by atoms with Crippen LogP contribution < -0.4 is 5.32 Å². The zero-order valence-electron chi connectivity index (χ0n) is 18.4. The molecule has 0 unspecified atom stereocenters. The van der Waals surface area contributed by atoms with Crippen molar-refractivity contribution in [2.24, 2.45) is 4.99 Å². The molecule has 6 heteroatoms. The first-order valence-corrected chi connectivity index (χ1v) is 11.1. The fourth-order valence-corrected chi connectivity index (χ4v) is 4.25. The van der Waals surface area contributed by atoms with E-state index in [0.717, 1.165) is 48.3 Å². The van der Waals surface area contributed by atoms with Gasteiger partial charge in [-0.25, -0.2) is 0 Å². The van der Waals surface area contributed by atoms with E-state index in [4.69, 9.17) is 5.11 Å². The van der Waals surface area contributed by atoms with E-state index in [2.05, 4.69) is 27.3 Å². The molecule has 2 N–H and O–H groups in total. The lowest BCUT2D eigenvalue weighted by molar-refractivity contribution is -0.135. The molecule has 33 heavy (non-hydrogen) atoms. The number of amides is 1. The number of carbonyl (C=O) groups excluding carboxylic acids is 1. The lowest BCUT2D eigenvalue weighted by atomic mass is 9.98. The Morgan fingerprint density at radius 2 is 1.67 bits per heavy atom. The number of carboxylic acids is 1. The number of rotatable bonds is 8. The van der Waals surface area contributed by atoms with E-state index >= 15 is 0 Å². The van der Waals surface area contributed by atoms with Crippen LogP contribution in [0.1, 0.15) is 24.0 Å². The number of likely N-dealkylation sites (tertiary alicyclic amines) is 1. The topological polar surface area (TPSA) is 82.0 Å². The zero-order valence-corrected chi connectivity index (χ0v) is 18.4. The van der Waals surface area contributed by atoms with Crippen molar-refractivity contribution in [2.75, 3.05) is 18.4 Å². The normalized spacial score (nSPS) is 16.2. The van der Waals surface area contributed by atoms with Crippen LogP contribution in [0.2, 0.25) is 0 Å². The average Bonchev–Trinajstić information content (AvgIpc) is 3.28. The molecule has 3 aromatic rings. The molecule has 168 valence electrons. The monoisotopic (exact) mass is 441 g/mol. The van der Waals surface area contributed by atoms with Crippen molar-refractivity contribution in [3.8, 4) is 11.1 Å². The van der Waals surface area contributed by atoms with Gasteiger partial charge in [-0.15, -0.1) is 0 Å². The number of nitrogens with zero attached hydrogens (tertiary/aromatic N) is 2. The van der Waals surface area contributed by atoms with Crippen LogP contribution in [-0.2, 0) is 16.1 Å². The molecular weight excluding hydrogens is 414 g/mol. The number of carboxylic acid groups (broad SMARTS) is 1. The average molecular weight is 442 g/mol. The van der Waals surface area contributed by atoms with Crippen molar-refractivity contribution in [1.82, 2.24) is 4.90 Å². The van der Waals surface area contributed by atoms with E-state index in [1.54, 1.807) is 6.21 Å². The fourth-order valence-electron chi connectivity index (χ4n) is 4.25. The van der Waals surface area contributed by atoms with Crippen LogP contribution in [0.15, 0.2) is 83.9 Å². The lowest BCUT2D eigenvalue weighted by Gasteiger charge is -2.24. The highest BCUT2D eigenvalue weighted by atomic mass is 16.4. The van der Waals surface area contributed by atoms with E-state index in [1.165, 1.54) is 5.56 Å². The van der Waals surface area contributed by atoms with Gasteiger partial charge in [0.15, 0.2) is 0 Å². The van der Waals surface area contributed by atoms with Gasteiger partial charge in [0.2, 0.25) is 5.91 Å². The van der Waals surface area contributed by atoms with Gasteiger partial charge in [-0.1, -0.05) is 72.8 Å². The minimum atomic E-state index is -0.979. The lowest BCUT2D eigenvalue weighted by Crippen LogP contribution is -2.39. The number of aliphatic imine (C=N–C) groups is 1. The van der Waals surface area contributed by atoms with Crippen LogP contribution >= 0.6 is 0 Å². The zero-order chi connectivity index (χ0) is 23.0. The SMILES string of the molecule is O=C(O)CN=Cc1ccccc1-c1ccccc1NC(=O)[C@H]1CCCN1Cc1ccccc1. The van der Waals surface area contributed by atoms with Crippen LogP contribution in [0.4, 0.5) is 5.69 Å². The Morgan fingerprint density at radius 3 is 2.45 bits per heavy atom. The second kappa shape index (κ2) is 10.7. The molecule has 0 aliphatic carbocycles. The predicted octanol–water partition coefficient (Wildman–Crippen LogP) is 4.46. The number of benzene rings is 3. The summed E-state index contributed by atoms with van der Waals surface area (Å²) in [6, 6.07) is 25.4. The summed E-state index contributed by atoms with van der Waals surface area (Å²) in [5.41, 5.74) is 4.48. The van der Waals surface area contributed by atoms with Crippen molar-refractivity contribution in [2.45, 2.75) is 25.4 Å². The van der Waals surface area contributed by atoms with Crippen LogP contribution in [0.5, 0.6) is 0 Å². The van der Waals surface area contributed by atoms with Gasteiger partial charge in [0.1, 0.15) is 6.54 Å². The van der Waals surface area contributed by atoms with Gasteiger partial charge in [0, 0.05) is 29.6 Å². The van der Waals surface area contributed by atoms with Crippen molar-refractivity contribution >= 4 is 23.8 Å². The minimum Gasteiger partial charge on any atom is -0.480 e. The van der Waals surface area contributed by atoms with Crippen LogP contribution in [0.3, 0.4) is 0 Å². The third kappa shape index (κ3) is 5.73. The molecule has 1 saturated heterocycles. The standard InChI is InChI=1S/C27H27N3O3/c31-26(32)18-28-17-21-11-4-5-12-22(21)23-13-6-7-14-24(23)29-27(33)25-15-8-16-30(25)19-20-9-2-1-3-10-20/h1-7,9-14,17,25H,8,15-16,18-19H2,(H,29,33)(H,31,32)/t25-/m1/s1. The first-order chi connectivity index (χ1) is 16.1. The predicted molar refractivity (Wildman–Crippen MR) is 130 cm³/mol. The summed E-state index contributed by atoms with van der Waals surface area (Å²) in [6.07, 6.45) is 3.40. The molecule has 1 aliphatic heterocycles. The Hall–Kier alpha value is -3.77. The van der Waals surface area contributed by atoms with Gasteiger partial charge in [-0.3, -0.25) is 19.5 Å². The second-order valence-corrected chi connectivity index (χ2v) is 8.10. The van der Waals surface area contributed by atoms with Crippen molar-refractivity contribution < 1.29 is 14.7 Å². The number of anilines is 1. The van der Waals surface area contributed by atoms with Gasteiger partial charge in [-0.2, -0.15) is 0 Å². The van der Waals surface area contributed by atoms with E-state index in [9.17, 15) is 9.59 Å². The summed E-state index contributed by atoms with van der Waals surface area (Å²) >= 11 is 0. The molecule has 6 nitrogen and oxygen atoms in total. The molecule has 4 rings (SSSR count). The molecule has 1 heterocycles. The van der Waals surface area contributed by atoms with Gasteiger partial charge < -0.3 is 10.4 Å². The number of aliphatic carboxylic acids is 1. The quantitative estimate of drug-likeness (QED) is 0.506. The number of hydrogen-bond donors (Lipinski definition) is 2. The molecule has 0 spiro atoms. The molecule has 1 fully saturated rings. The summed E-state index contributed by atoms with van der Waals surface area (Å²) in [4.78, 5) is 30.4. The highest BCUT2D eigenvalue weighted by Gasteiger charge is 2.31. The van der Waals surface area contributed by atoms with Crippen LogP contribution in [0, 0.1) is 0 Å². The molecule has 0 aromatic heterocycles. The summed E-state index contributed by atoms with van der Waals surface area (Å²) in [5, 5.41) is 12.0. The first kappa shape index (κ1) is 22.4. The molecule has 0 saturated carbocycles. The van der Waals surface area contributed by atoms with E-state index in [0.29, 0.717) is 0 Å². The highest BCUT2D eigenvalue weighted by Crippen LogP contribution is 2.31. The number of nitrogens with one attached hydrogen (secondary N) is 1. The van der Waals surface area contributed by atoms with Gasteiger partial charge in [0.25, 0.3) is 0 Å². The Labute approximate surface area is 193 Å². The summed E-state index contributed by atoms with van der Waals surface area (Å²) in [6.45, 7) is 1.37. The van der Waals surface area contributed by atoms with Gasteiger partial charge in [0.05, 0.1) is 6.04 Å². The summed E-state index contributed by atoms with van der Waals surface area (Å²) < 4.78 is 0. The third-order valence-corrected chi connectivity index (χ3v) is 5.79. The molecule has 1 aliphatic rings. The molecule has 0 radical (unpaired) electrons. The summed E-state index contributed by atoms with van der Waals surface area (Å²) in [5.74, 6) is -0.985. The van der Waals surface area contributed by atoms with E-state index in [-0.39, 0.29) is 18.5 Å². The van der Waals surface area contributed by atoms with Gasteiger partial charge in [-0.05, 0) is 36.6 Å². The maximum Gasteiger partial charge on any atom is 0.325 e. The highest BCUT2D eigenvalue weighted by molar-refractivity contribution is 6.01. The smallest absolute Gasteiger partial charge is 0.325 e. The number of para-hydroxylation sites is 1. The largest absolute Gasteiger partial charge is 0.480 e. The number of carbonyl (C=O) groups is 2. The van der Waals surface area contributed by atoms with E-state index in [1.807, 2.05) is 66.7 Å². The first-order valence-electron chi connectivity index (χ1n) is 11.1. The Kier molecular flexibility index (Phi) is 7.27. The van der Waals surface area contributed by atoms with Gasteiger partial charge >= 0.3 is 5.97 Å². The maximum atomic E-state index is 13.3. The molecule has 1 amide bonds. The van der Waals surface area contributed by atoms with Crippen LogP contribution in [0.25, 0.3) is 11.1 Å². The number of hydrogen-bond acceptors (Lipinski definition) is 4. The molecular formula is C27H27N3O3. The Morgan fingerprint density at radius 1 is 0.970 bits per heavy atom. The molecule has 1 atom stereocenters.